The highest BCUT2D eigenvalue weighted by atomic mass is 32.2. The van der Waals surface area contributed by atoms with Gasteiger partial charge in [-0.05, 0) is 30.3 Å². The van der Waals surface area contributed by atoms with Gasteiger partial charge in [0.1, 0.15) is 5.69 Å². The Morgan fingerprint density at radius 2 is 1.70 bits per heavy atom. The summed E-state index contributed by atoms with van der Waals surface area (Å²) in [6.07, 6.45) is -2.76. The molecule has 0 aliphatic rings. The van der Waals surface area contributed by atoms with Crippen molar-refractivity contribution in [3.8, 4) is 23.1 Å². The molecule has 1 aromatic carbocycles. The van der Waals surface area contributed by atoms with Gasteiger partial charge in [-0.25, -0.2) is 18.4 Å². The number of hydrogen-bond donors (Lipinski definition) is 0. The van der Waals surface area contributed by atoms with Crippen LogP contribution < -0.4 is 4.74 Å². The van der Waals surface area contributed by atoms with E-state index in [4.69, 9.17) is 4.74 Å². The smallest absolute Gasteiger partial charge is 0.434 e. The Bertz CT molecular complexity index is 1070. The number of pyridine rings is 1. The van der Waals surface area contributed by atoms with Gasteiger partial charge in [0.2, 0.25) is 5.88 Å². The van der Waals surface area contributed by atoms with Crippen LogP contribution in [0.2, 0.25) is 0 Å². The molecule has 0 aliphatic carbocycles. The van der Waals surface area contributed by atoms with Gasteiger partial charge in [0.25, 0.3) is 0 Å². The molecule has 0 amide bonds. The number of rotatable bonds is 4. The molecule has 0 atom stereocenters. The van der Waals surface area contributed by atoms with Crippen LogP contribution >= 0.6 is 0 Å². The van der Waals surface area contributed by atoms with Gasteiger partial charge in [-0.3, -0.25) is 4.57 Å². The average molecular weight is 397 g/mol. The fourth-order valence-electron chi connectivity index (χ4n) is 2.40. The summed E-state index contributed by atoms with van der Waals surface area (Å²) in [5.41, 5.74) is -0.601. The Labute approximate surface area is 153 Å². The van der Waals surface area contributed by atoms with Crippen LogP contribution in [0.1, 0.15) is 5.69 Å². The van der Waals surface area contributed by atoms with Crippen molar-refractivity contribution in [1.29, 1.82) is 0 Å². The SMILES string of the molecule is COc1cccc(-c2nc(C(F)(F)F)cn2-c2ccc(S(C)(=O)=O)cc2)n1. The van der Waals surface area contributed by atoms with E-state index in [0.29, 0.717) is 5.69 Å². The number of alkyl halides is 3. The molecule has 0 saturated heterocycles. The molecule has 2 heterocycles. The van der Waals surface area contributed by atoms with Crippen LogP contribution in [-0.2, 0) is 16.0 Å². The topological polar surface area (TPSA) is 74.1 Å². The summed E-state index contributed by atoms with van der Waals surface area (Å²) in [5.74, 6) is 0.177. The maximum Gasteiger partial charge on any atom is 0.434 e. The van der Waals surface area contributed by atoms with E-state index in [1.807, 2.05) is 0 Å². The Morgan fingerprint density at radius 1 is 1.04 bits per heavy atom. The standard InChI is InChI=1S/C17H14F3N3O3S/c1-26-15-5-3-4-13(21-15)16-22-14(17(18,19)20)10-23(16)11-6-8-12(9-7-11)27(2,24)25/h3-10H,1-2H3. The molecule has 0 N–H and O–H groups in total. The fraction of sp³-hybridized carbons (Fsp3) is 0.176. The number of methoxy groups -OCH3 is 1. The largest absolute Gasteiger partial charge is 0.481 e. The lowest BCUT2D eigenvalue weighted by atomic mass is 10.3. The first-order valence-corrected chi connectivity index (χ1v) is 9.47. The first-order chi connectivity index (χ1) is 12.6. The molecule has 6 nitrogen and oxygen atoms in total. The van der Waals surface area contributed by atoms with Crippen molar-refractivity contribution in [2.24, 2.45) is 0 Å². The van der Waals surface area contributed by atoms with Gasteiger partial charge in [0, 0.05) is 24.2 Å². The van der Waals surface area contributed by atoms with Crippen LogP contribution in [0.25, 0.3) is 17.2 Å². The molecule has 3 rings (SSSR count). The zero-order valence-electron chi connectivity index (χ0n) is 14.2. The second-order valence-corrected chi connectivity index (χ2v) is 7.66. The van der Waals surface area contributed by atoms with Crippen LogP contribution in [0.15, 0.2) is 53.6 Å². The number of aromatic nitrogens is 3. The van der Waals surface area contributed by atoms with E-state index in [1.165, 1.54) is 42.0 Å². The van der Waals surface area contributed by atoms with Crippen LogP contribution in [0.4, 0.5) is 13.2 Å². The second kappa shape index (κ2) is 6.69. The van der Waals surface area contributed by atoms with Crippen molar-refractivity contribution in [1.82, 2.24) is 14.5 Å². The molecular weight excluding hydrogens is 383 g/mol. The molecule has 0 spiro atoms. The number of nitrogens with zero attached hydrogens (tertiary/aromatic N) is 3. The molecule has 0 aliphatic heterocycles. The second-order valence-electron chi connectivity index (χ2n) is 5.65. The molecule has 10 heteroatoms. The molecule has 0 bridgehead atoms. The Morgan fingerprint density at radius 3 is 2.26 bits per heavy atom. The number of hydrogen-bond acceptors (Lipinski definition) is 5. The highest BCUT2D eigenvalue weighted by Crippen LogP contribution is 2.32. The highest BCUT2D eigenvalue weighted by molar-refractivity contribution is 7.90. The summed E-state index contributed by atoms with van der Waals surface area (Å²) in [7, 11) is -2.03. The van der Waals surface area contributed by atoms with Crippen molar-refractivity contribution in [2.75, 3.05) is 13.4 Å². The minimum absolute atomic E-state index is 0.0478. The predicted molar refractivity (Wildman–Crippen MR) is 91.5 cm³/mol. The van der Waals surface area contributed by atoms with Gasteiger partial charge < -0.3 is 4.74 Å². The van der Waals surface area contributed by atoms with Gasteiger partial charge >= 0.3 is 6.18 Å². The first-order valence-electron chi connectivity index (χ1n) is 7.58. The molecule has 2 aromatic heterocycles. The normalized spacial score (nSPS) is 12.2. The minimum atomic E-state index is -4.65. The maximum atomic E-state index is 13.2. The van der Waals surface area contributed by atoms with Crippen LogP contribution in [0.3, 0.4) is 0 Å². The number of imidazole rings is 1. The number of halogens is 3. The van der Waals surface area contributed by atoms with Gasteiger partial charge in [0.05, 0.1) is 12.0 Å². The lowest BCUT2D eigenvalue weighted by Gasteiger charge is -2.09. The van der Waals surface area contributed by atoms with Gasteiger partial charge in [-0.15, -0.1) is 0 Å². The van der Waals surface area contributed by atoms with Gasteiger partial charge in [-0.1, -0.05) is 6.07 Å². The number of benzene rings is 1. The lowest BCUT2D eigenvalue weighted by molar-refractivity contribution is -0.140. The third-order valence-corrected chi connectivity index (χ3v) is 4.83. The molecule has 0 saturated carbocycles. The van der Waals surface area contributed by atoms with Crippen LogP contribution in [0, 0.1) is 0 Å². The van der Waals surface area contributed by atoms with Gasteiger partial charge in [-0.2, -0.15) is 13.2 Å². The molecule has 0 radical (unpaired) electrons. The summed E-state index contributed by atoms with van der Waals surface area (Å²) >= 11 is 0. The molecule has 142 valence electrons. The predicted octanol–water partition coefficient (Wildman–Crippen LogP) is 3.37. The van der Waals surface area contributed by atoms with E-state index in [2.05, 4.69) is 9.97 Å². The van der Waals surface area contributed by atoms with E-state index >= 15 is 0 Å². The zero-order chi connectivity index (χ0) is 19.8. The molecule has 3 aromatic rings. The number of ether oxygens (including phenoxy) is 1. The Hall–Kier alpha value is -2.88. The third-order valence-electron chi connectivity index (χ3n) is 3.70. The van der Waals surface area contributed by atoms with Crippen molar-refractivity contribution in [3.63, 3.8) is 0 Å². The van der Waals surface area contributed by atoms with Gasteiger partial charge in [0.15, 0.2) is 21.4 Å². The van der Waals surface area contributed by atoms with Crippen molar-refractivity contribution >= 4 is 9.84 Å². The molecular formula is C17H14F3N3O3S. The van der Waals surface area contributed by atoms with E-state index in [1.54, 1.807) is 12.1 Å². The monoisotopic (exact) mass is 397 g/mol. The summed E-state index contributed by atoms with van der Waals surface area (Å²) in [6, 6.07) is 10.1. The van der Waals surface area contributed by atoms with E-state index in [0.717, 1.165) is 12.5 Å². The molecule has 0 fully saturated rings. The number of sulfone groups is 1. The quantitative estimate of drug-likeness (QED) is 0.675. The van der Waals surface area contributed by atoms with Crippen molar-refractivity contribution in [3.05, 3.63) is 54.4 Å². The van der Waals surface area contributed by atoms with Crippen molar-refractivity contribution < 1.29 is 26.3 Å². The fourth-order valence-corrected chi connectivity index (χ4v) is 3.03. The van der Waals surface area contributed by atoms with Crippen LogP contribution in [-0.4, -0.2) is 36.3 Å². The first kappa shape index (κ1) is 18.9. The Kier molecular flexibility index (Phi) is 4.68. The molecule has 27 heavy (non-hydrogen) atoms. The van der Waals surface area contributed by atoms with Crippen LogP contribution in [0.5, 0.6) is 5.88 Å². The Balaban J connectivity index is 2.17. The highest BCUT2D eigenvalue weighted by Gasteiger charge is 2.35. The summed E-state index contributed by atoms with van der Waals surface area (Å²) < 4.78 is 68.9. The third kappa shape index (κ3) is 3.95. The minimum Gasteiger partial charge on any atom is -0.481 e. The summed E-state index contributed by atoms with van der Waals surface area (Å²) in [4.78, 5) is 7.87. The average Bonchev–Trinajstić information content (AvgIpc) is 3.07. The van der Waals surface area contributed by atoms with E-state index < -0.39 is 21.7 Å². The van der Waals surface area contributed by atoms with E-state index in [-0.39, 0.29) is 22.3 Å². The molecule has 0 unspecified atom stereocenters. The lowest BCUT2D eigenvalue weighted by Crippen LogP contribution is -2.05. The maximum absolute atomic E-state index is 13.2. The van der Waals surface area contributed by atoms with Crippen molar-refractivity contribution in [2.45, 2.75) is 11.1 Å². The summed E-state index contributed by atoms with van der Waals surface area (Å²) in [5, 5.41) is 0. The van der Waals surface area contributed by atoms with E-state index in [9.17, 15) is 21.6 Å². The zero-order valence-corrected chi connectivity index (χ0v) is 15.0. The summed E-state index contributed by atoms with van der Waals surface area (Å²) in [6.45, 7) is 0.